The second-order valence-corrected chi connectivity index (χ2v) is 7.39. The van der Waals surface area contributed by atoms with Gasteiger partial charge in [-0.25, -0.2) is 9.67 Å². The van der Waals surface area contributed by atoms with Crippen molar-refractivity contribution >= 4 is 23.4 Å². The largest absolute Gasteiger partial charge is 0.322 e. The molecule has 0 saturated heterocycles. The second kappa shape index (κ2) is 8.88. The third-order valence-electron chi connectivity index (χ3n) is 4.18. The van der Waals surface area contributed by atoms with Crippen molar-refractivity contribution in [2.45, 2.75) is 38.8 Å². The van der Waals surface area contributed by atoms with Crippen LogP contribution in [0, 0.1) is 13.8 Å². The van der Waals surface area contributed by atoms with Crippen molar-refractivity contribution in [1.82, 2.24) is 19.7 Å². The Morgan fingerprint density at radius 2 is 2.00 bits per heavy atom. The first kappa shape index (κ1) is 19.9. The van der Waals surface area contributed by atoms with Gasteiger partial charge in [0, 0.05) is 11.8 Å². The number of nitrogens with one attached hydrogen (secondary N) is 2. The highest BCUT2D eigenvalue weighted by atomic mass is 32.2. The summed E-state index contributed by atoms with van der Waals surface area (Å²) < 4.78 is 1.81. The number of hydrogen-bond donors (Lipinski definition) is 2. The molecule has 2 aromatic heterocycles. The van der Waals surface area contributed by atoms with Crippen molar-refractivity contribution in [1.29, 1.82) is 0 Å². The van der Waals surface area contributed by atoms with Gasteiger partial charge in [-0.3, -0.25) is 9.59 Å². The van der Waals surface area contributed by atoms with Gasteiger partial charge in [-0.15, -0.1) is 0 Å². The number of amides is 1. The number of thioether (sulfide) groups is 1. The fraction of sp³-hybridized carbons (Fsp3) is 0.300. The van der Waals surface area contributed by atoms with E-state index in [2.05, 4.69) is 20.4 Å². The van der Waals surface area contributed by atoms with Crippen LogP contribution in [0.15, 0.2) is 46.3 Å². The second-order valence-electron chi connectivity index (χ2n) is 6.42. The summed E-state index contributed by atoms with van der Waals surface area (Å²) in [4.78, 5) is 31.2. The molecule has 0 atom stereocenters. The number of hydrogen-bond acceptors (Lipinski definition) is 5. The lowest BCUT2D eigenvalue weighted by molar-refractivity contribution is -0.113. The topological polar surface area (TPSA) is 92.7 Å². The van der Waals surface area contributed by atoms with E-state index in [0.717, 1.165) is 35.6 Å². The third kappa shape index (κ3) is 4.69. The minimum Gasteiger partial charge on any atom is -0.322 e. The Kier molecular flexibility index (Phi) is 6.30. The highest BCUT2D eigenvalue weighted by molar-refractivity contribution is 7.99. The van der Waals surface area contributed by atoms with Gasteiger partial charge in [-0.2, -0.15) is 5.10 Å². The van der Waals surface area contributed by atoms with E-state index in [0.29, 0.717) is 10.8 Å². The Morgan fingerprint density at radius 3 is 2.71 bits per heavy atom. The summed E-state index contributed by atoms with van der Waals surface area (Å²) in [5.74, 6) is -0.0270. The number of para-hydroxylation sites is 1. The number of aromatic nitrogens is 4. The molecule has 2 heterocycles. The Bertz CT molecular complexity index is 1030. The molecule has 1 amide bonds. The maximum absolute atomic E-state index is 12.4. The van der Waals surface area contributed by atoms with Gasteiger partial charge in [0.25, 0.3) is 5.56 Å². The van der Waals surface area contributed by atoms with Crippen LogP contribution in [0.4, 0.5) is 5.69 Å². The maximum Gasteiger partial charge on any atom is 0.251 e. The van der Waals surface area contributed by atoms with E-state index < -0.39 is 0 Å². The number of aromatic amines is 1. The molecule has 0 unspecified atom stereocenters. The number of benzene rings is 1. The number of rotatable bonds is 7. The fourth-order valence-electron chi connectivity index (χ4n) is 2.89. The number of H-pyrrole nitrogens is 1. The van der Waals surface area contributed by atoms with Crippen LogP contribution in [0.5, 0.6) is 0 Å². The Morgan fingerprint density at radius 1 is 1.25 bits per heavy atom. The van der Waals surface area contributed by atoms with E-state index in [-0.39, 0.29) is 17.2 Å². The summed E-state index contributed by atoms with van der Waals surface area (Å²) in [5, 5.41) is 7.92. The van der Waals surface area contributed by atoms with Crippen molar-refractivity contribution in [3.8, 4) is 5.69 Å². The zero-order valence-corrected chi connectivity index (χ0v) is 17.0. The number of aryl methyl sites for hydroxylation is 2. The first-order valence-corrected chi connectivity index (χ1v) is 10.1. The molecule has 0 aliphatic carbocycles. The van der Waals surface area contributed by atoms with E-state index in [1.807, 2.05) is 55.8 Å². The molecular formula is C20H23N5O2S. The van der Waals surface area contributed by atoms with Crippen molar-refractivity contribution in [3.63, 3.8) is 0 Å². The van der Waals surface area contributed by atoms with Crippen LogP contribution < -0.4 is 10.9 Å². The van der Waals surface area contributed by atoms with Crippen molar-refractivity contribution in [3.05, 3.63) is 63.8 Å². The van der Waals surface area contributed by atoms with Gasteiger partial charge in [0.15, 0.2) is 5.16 Å². The van der Waals surface area contributed by atoms with Crippen LogP contribution in [0.2, 0.25) is 0 Å². The van der Waals surface area contributed by atoms with Gasteiger partial charge < -0.3 is 10.3 Å². The molecule has 0 aliphatic heterocycles. The van der Waals surface area contributed by atoms with Crippen LogP contribution in [0.3, 0.4) is 0 Å². The Labute approximate surface area is 167 Å². The van der Waals surface area contributed by atoms with Crippen LogP contribution >= 0.6 is 11.8 Å². The maximum atomic E-state index is 12.4. The molecule has 3 rings (SSSR count). The van der Waals surface area contributed by atoms with Crippen LogP contribution in [-0.4, -0.2) is 31.4 Å². The summed E-state index contributed by atoms with van der Waals surface area (Å²) >= 11 is 1.21. The molecule has 7 nitrogen and oxygen atoms in total. The predicted octanol–water partition coefficient (Wildman–Crippen LogP) is 3.26. The number of nitrogens with zero attached hydrogens (tertiary/aromatic N) is 3. The van der Waals surface area contributed by atoms with Gasteiger partial charge >= 0.3 is 0 Å². The summed E-state index contributed by atoms with van der Waals surface area (Å²) in [5.41, 5.74) is 3.79. The lowest BCUT2D eigenvalue weighted by Gasteiger charge is -2.07. The Hall–Kier alpha value is -2.87. The van der Waals surface area contributed by atoms with E-state index in [4.69, 9.17) is 0 Å². The Balaban J connectivity index is 1.69. The van der Waals surface area contributed by atoms with Crippen LogP contribution in [0.25, 0.3) is 5.69 Å². The molecule has 1 aromatic carbocycles. The summed E-state index contributed by atoms with van der Waals surface area (Å²) in [6.07, 6.45) is 1.64. The van der Waals surface area contributed by atoms with Gasteiger partial charge in [0.05, 0.1) is 28.5 Å². The average molecular weight is 398 g/mol. The lowest BCUT2D eigenvalue weighted by Crippen LogP contribution is -2.16. The molecule has 0 radical (unpaired) electrons. The van der Waals surface area contributed by atoms with Gasteiger partial charge in [0.1, 0.15) is 0 Å². The molecule has 2 N–H and O–H groups in total. The smallest absolute Gasteiger partial charge is 0.251 e. The van der Waals surface area contributed by atoms with E-state index >= 15 is 0 Å². The molecular weight excluding hydrogens is 374 g/mol. The van der Waals surface area contributed by atoms with Crippen LogP contribution in [-0.2, 0) is 11.2 Å². The zero-order valence-electron chi connectivity index (χ0n) is 16.2. The molecule has 0 bridgehead atoms. The van der Waals surface area contributed by atoms with Gasteiger partial charge in [-0.1, -0.05) is 43.3 Å². The molecule has 0 saturated carbocycles. The third-order valence-corrected chi connectivity index (χ3v) is 5.05. The molecule has 0 fully saturated rings. The highest BCUT2D eigenvalue weighted by Crippen LogP contribution is 2.23. The van der Waals surface area contributed by atoms with E-state index in [9.17, 15) is 9.59 Å². The number of carbonyl (C=O) groups excluding carboxylic acids is 1. The first-order valence-electron chi connectivity index (χ1n) is 9.12. The van der Waals surface area contributed by atoms with Crippen LogP contribution in [0.1, 0.15) is 30.4 Å². The standard InChI is InChI=1S/C20H23N5O2S/c1-4-8-15-11-17(26)23-20(21-15)28-12-18(27)22-19-13(2)24-25(14(19)3)16-9-6-5-7-10-16/h5-7,9-11H,4,8,12H2,1-3H3,(H,22,27)(H,21,23,26). The molecule has 146 valence electrons. The van der Waals surface area contributed by atoms with Gasteiger partial charge in [-0.05, 0) is 32.4 Å². The lowest BCUT2D eigenvalue weighted by atomic mass is 10.2. The fourth-order valence-corrected chi connectivity index (χ4v) is 3.58. The molecule has 0 spiro atoms. The minimum atomic E-state index is -0.197. The quantitative estimate of drug-likeness (QED) is 0.472. The SMILES string of the molecule is CCCc1cc(=O)[nH]c(SCC(=O)Nc2c(C)nn(-c3ccccc3)c2C)n1. The van der Waals surface area contributed by atoms with Gasteiger partial charge in [0.2, 0.25) is 5.91 Å². The van der Waals surface area contributed by atoms with Crippen molar-refractivity contribution in [2.24, 2.45) is 0 Å². The monoisotopic (exact) mass is 397 g/mol. The normalized spacial score (nSPS) is 10.8. The first-order chi connectivity index (χ1) is 13.5. The van der Waals surface area contributed by atoms with Crippen molar-refractivity contribution < 1.29 is 4.79 Å². The summed E-state index contributed by atoms with van der Waals surface area (Å²) in [6.45, 7) is 5.81. The predicted molar refractivity (Wildman–Crippen MR) is 111 cm³/mol. The number of carbonyl (C=O) groups is 1. The average Bonchev–Trinajstić information content (AvgIpc) is 2.95. The molecule has 0 aliphatic rings. The van der Waals surface area contributed by atoms with E-state index in [1.54, 1.807) is 0 Å². The van der Waals surface area contributed by atoms with E-state index in [1.165, 1.54) is 17.8 Å². The molecule has 8 heteroatoms. The number of anilines is 1. The summed E-state index contributed by atoms with van der Waals surface area (Å²) in [6, 6.07) is 11.3. The summed E-state index contributed by atoms with van der Waals surface area (Å²) in [7, 11) is 0. The minimum absolute atomic E-state index is 0.147. The highest BCUT2D eigenvalue weighted by Gasteiger charge is 2.15. The van der Waals surface area contributed by atoms with Crippen molar-refractivity contribution in [2.75, 3.05) is 11.1 Å². The molecule has 3 aromatic rings. The zero-order chi connectivity index (χ0) is 20.1. The molecule has 28 heavy (non-hydrogen) atoms.